The summed E-state index contributed by atoms with van der Waals surface area (Å²) in [6.07, 6.45) is 0. The Morgan fingerprint density at radius 2 is 1.76 bits per heavy atom. The Labute approximate surface area is 130 Å². The van der Waals surface area contributed by atoms with Crippen molar-refractivity contribution in [2.75, 3.05) is 5.32 Å². The Balaban J connectivity index is 2.47. The van der Waals surface area contributed by atoms with Crippen molar-refractivity contribution in [2.24, 2.45) is 0 Å². The molecule has 1 unspecified atom stereocenters. The molecule has 0 saturated heterocycles. The molecule has 21 heavy (non-hydrogen) atoms. The van der Waals surface area contributed by atoms with E-state index in [1.807, 2.05) is 6.07 Å². The van der Waals surface area contributed by atoms with Crippen LogP contribution in [0.4, 0.5) is 5.69 Å². The zero-order valence-corrected chi connectivity index (χ0v) is 12.8. The lowest BCUT2D eigenvalue weighted by Crippen LogP contribution is -2.40. The lowest BCUT2D eigenvalue weighted by atomic mass is 9.91. The van der Waals surface area contributed by atoms with Gasteiger partial charge in [0.2, 0.25) is 0 Å². The van der Waals surface area contributed by atoms with Crippen molar-refractivity contribution in [3.8, 4) is 11.5 Å². The third kappa shape index (κ3) is 3.28. The summed E-state index contributed by atoms with van der Waals surface area (Å²) in [6.45, 7) is 1.46. The van der Waals surface area contributed by atoms with Crippen molar-refractivity contribution in [3.05, 3.63) is 52.5 Å². The number of carboxylic acid groups (broad SMARTS) is 1. The number of benzene rings is 2. The number of phenols is 2. The first-order valence-corrected chi connectivity index (χ1v) is 6.91. The molecule has 2 aromatic rings. The SMILES string of the molecule is CC(Nc1cccc(Br)c1)(C(=O)O)c1cc(O)cc(O)c1. The van der Waals surface area contributed by atoms with Gasteiger partial charge in [0.25, 0.3) is 0 Å². The molecular weight excluding hydrogens is 338 g/mol. The van der Waals surface area contributed by atoms with Gasteiger partial charge in [-0.25, -0.2) is 4.79 Å². The number of anilines is 1. The number of aliphatic carboxylic acids is 1. The van der Waals surface area contributed by atoms with Crippen molar-refractivity contribution in [2.45, 2.75) is 12.5 Å². The number of rotatable bonds is 4. The van der Waals surface area contributed by atoms with Crippen molar-refractivity contribution >= 4 is 27.6 Å². The summed E-state index contributed by atoms with van der Waals surface area (Å²) in [7, 11) is 0. The number of hydrogen-bond acceptors (Lipinski definition) is 4. The van der Waals surface area contributed by atoms with E-state index in [4.69, 9.17) is 0 Å². The Hall–Kier alpha value is -2.21. The maximum atomic E-state index is 11.7. The van der Waals surface area contributed by atoms with Gasteiger partial charge < -0.3 is 20.6 Å². The zero-order valence-electron chi connectivity index (χ0n) is 11.2. The van der Waals surface area contributed by atoms with Crippen LogP contribution in [0.2, 0.25) is 0 Å². The second-order valence-electron chi connectivity index (χ2n) is 4.80. The Morgan fingerprint density at radius 3 is 2.29 bits per heavy atom. The molecule has 0 aliphatic heterocycles. The van der Waals surface area contributed by atoms with E-state index >= 15 is 0 Å². The van der Waals surface area contributed by atoms with Gasteiger partial charge in [-0.05, 0) is 42.8 Å². The van der Waals surface area contributed by atoms with Crippen molar-refractivity contribution < 1.29 is 20.1 Å². The minimum absolute atomic E-state index is 0.200. The molecular formula is C15H14BrNO4. The molecule has 0 saturated carbocycles. The molecule has 0 spiro atoms. The molecule has 0 aliphatic carbocycles. The normalized spacial score (nSPS) is 13.4. The second kappa shape index (κ2) is 5.65. The summed E-state index contributed by atoms with van der Waals surface area (Å²) in [5.74, 6) is -1.53. The molecule has 0 aliphatic rings. The third-order valence-corrected chi connectivity index (χ3v) is 3.62. The quantitative estimate of drug-likeness (QED) is 0.678. The summed E-state index contributed by atoms with van der Waals surface area (Å²) in [5.41, 5.74) is -0.665. The fourth-order valence-corrected chi connectivity index (χ4v) is 2.39. The van der Waals surface area contributed by atoms with E-state index in [0.717, 1.165) is 10.5 Å². The predicted molar refractivity (Wildman–Crippen MR) is 82.5 cm³/mol. The molecule has 2 aromatic carbocycles. The molecule has 1 atom stereocenters. The number of carboxylic acids is 1. The van der Waals surface area contributed by atoms with Gasteiger partial charge in [-0.15, -0.1) is 0 Å². The summed E-state index contributed by atoms with van der Waals surface area (Å²) < 4.78 is 0.805. The highest BCUT2D eigenvalue weighted by Crippen LogP contribution is 2.32. The molecule has 5 nitrogen and oxygen atoms in total. The number of hydrogen-bond donors (Lipinski definition) is 4. The van der Waals surface area contributed by atoms with E-state index < -0.39 is 11.5 Å². The first-order valence-electron chi connectivity index (χ1n) is 6.12. The minimum atomic E-state index is -1.50. The van der Waals surface area contributed by atoms with E-state index in [-0.39, 0.29) is 17.1 Å². The first kappa shape index (κ1) is 15.2. The van der Waals surface area contributed by atoms with Gasteiger partial charge in [-0.3, -0.25) is 0 Å². The lowest BCUT2D eigenvalue weighted by Gasteiger charge is -2.28. The van der Waals surface area contributed by atoms with Gasteiger partial charge in [-0.2, -0.15) is 0 Å². The van der Waals surface area contributed by atoms with Crippen LogP contribution < -0.4 is 5.32 Å². The monoisotopic (exact) mass is 351 g/mol. The van der Waals surface area contributed by atoms with Crippen LogP contribution in [0.1, 0.15) is 12.5 Å². The molecule has 0 heterocycles. The van der Waals surface area contributed by atoms with Gasteiger partial charge >= 0.3 is 5.97 Å². The van der Waals surface area contributed by atoms with Crippen LogP contribution in [0.5, 0.6) is 11.5 Å². The van der Waals surface area contributed by atoms with Gasteiger partial charge in [0.15, 0.2) is 5.54 Å². The van der Waals surface area contributed by atoms with Crippen LogP contribution in [-0.2, 0) is 10.3 Å². The van der Waals surface area contributed by atoms with Gasteiger partial charge in [-0.1, -0.05) is 22.0 Å². The fraction of sp³-hybridized carbons (Fsp3) is 0.133. The maximum absolute atomic E-state index is 11.7. The average molecular weight is 352 g/mol. The minimum Gasteiger partial charge on any atom is -0.508 e. The van der Waals surface area contributed by atoms with Gasteiger partial charge in [0, 0.05) is 16.2 Å². The standard InChI is InChI=1S/C15H14BrNO4/c1-15(14(20)21,9-5-12(18)8-13(19)6-9)17-11-4-2-3-10(16)7-11/h2-8,17-19H,1H3,(H,20,21). The Bertz CT molecular complexity index is 669. The number of nitrogens with one attached hydrogen (secondary N) is 1. The zero-order chi connectivity index (χ0) is 15.6. The smallest absolute Gasteiger partial charge is 0.333 e. The number of aromatic hydroxyl groups is 2. The highest BCUT2D eigenvalue weighted by Gasteiger charge is 2.36. The largest absolute Gasteiger partial charge is 0.508 e. The van der Waals surface area contributed by atoms with Crippen molar-refractivity contribution in [3.63, 3.8) is 0 Å². The van der Waals surface area contributed by atoms with Crippen LogP contribution in [0.15, 0.2) is 46.9 Å². The fourth-order valence-electron chi connectivity index (χ4n) is 1.99. The third-order valence-electron chi connectivity index (χ3n) is 3.13. The topological polar surface area (TPSA) is 89.8 Å². The van der Waals surface area contributed by atoms with Crippen molar-refractivity contribution in [1.29, 1.82) is 0 Å². The molecule has 0 aromatic heterocycles. The van der Waals surface area contributed by atoms with Crippen LogP contribution in [0, 0.1) is 0 Å². The van der Waals surface area contributed by atoms with E-state index in [0.29, 0.717) is 5.69 Å². The lowest BCUT2D eigenvalue weighted by molar-refractivity contribution is -0.142. The number of phenolic OH excluding ortho intramolecular Hbond substituents is 2. The molecule has 110 valence electrons. The molecule has 6 heteroatoms. The average Bonchev–Trinajstić information content (AvgIpc) is 2.37. The van der Waals surface area contributed by atoms with E-state index in [9.17, 15) is 20.1 Å². The summed E-state index contributed by atoms with van der Waals surface area (Å²) in [4.78, 5) is 11.7. The number of carbonyl (C=O) groups is 1. The predicted octanol–water partition coefficient (Wildman–Crippen LogP) is 3.27. The molecule has 0 fully saturated rings. The van der Waals surface area contributed by atoms with Gasteiger partial charge in [0.1, 0.15) is 11.5 Å². The van der Waals surface area contributed by atoms with Crippen LogP contribution in [-0.4, -0.2) is 21.3 Å². The van der Waals surface area contributed by atoms with Gasteiger partial charge in [0.05, 0.1) is 0 Å². The van der Waals surface area contributed by atoms with E-state index in [1.165, 1.54) is 19.1 Å². The second-order valence-corrected chi connectivity index (χ2v) is 5.72. The molecule has 0 radical (unpaired) electrons. The molecule has 0 bridgehead atoms. The maximum Gasteiger partial charge on any atom is 0.333 e. The highest BCUT2D eigenvalue weighted by molar-refractivity contribution is 9.10. The summed E-state index contributed by atoms with van der Waals surface area (Å²) in [5, 5.41) is 31.6. The van der Waals surface area contributed by atoms with Crippen molar-refractivity contribution in [1.82, 2.24) is 0 Å². The molecule has 0 amide bonds. The van der Waals surface area contributed by atoms with E-state index in [1.54, 1.807) is 18.2 Å². The summed E-state index contributed by atoms with van der Waals surface area (Å²) >= 11 is 3.32. The molecule has 4 N–H and O–H groups in total. The van der Waals surface area contributed by atoms with E-state index in [2.05, 4.69) is 21.2 Å². The van der Waals surface area contributed by atoms with Crippen LogP contribution in [0.25, 0.3) is 0 Å². The number of halogens is 1. The summed E-state index contributed by atoms with van der Waals surface area (Å²) in [6, 6.07) is 10.8. The first-order chi connectivity index (χ1) is 9.81. The Kier molecular flexibility index (Phi) is 4.09. The molecule has 2 rings (SSSR count). The van der Waals surface area contributed by atoms with Crippen LogP contribution in [0.3, 0.4) is 0 Å². The highest BCUT2D eigenvalue weighted by atomic mass is 79.9. The Morgan fingerprint density at radius 1 is 1.14 bits per heavy atom. The van der Waals surface area contributed by atoms with Crippen LogP contribution >= 0.6 is 15.9 Å².